The van der Waals surface area contributed by atoms with Gasteiger partial charge in [0, 0.05) is 11.9 Å². The number of carbonyl (C=O) groups is 2. The zero-order chi connectivity index (χ0) is 23.3. The fourth-order valence-electron chi connectivity index (χ4n) is 2.58. The summed E-state index contributed by atoms with van der Waals surface area (Å²) >= 11 is 11.9. The quantitative estimate of drug-likeness (QED) is 0.423. The third kappa shape index (κ3) is 5.89. The molecule has 3 rings (SSSR count). The number of hydrogen-bond acceptors (Lipinski definition) is 5. The van der Waals surface area contributed by atoms with Crippen molar-refractivity contribution in [3.05, 3.63) is 82.0 Å². The van der Waals surface area contributed by atoms with Gasteiger partial charge in [-0.2, -0.15) is 13.2 Å². The van der Waals surface area contributed by atoms with E-state index in [2.05, 4.69) is 15.6 Å². The van der Waals surface area contributed by atoms with Crippen molar-refractivity contribution < 1.29 is 27.5 Å². The fraction of sp³-hybridized carbons (Fsp3) is 0.0952. The number of hydrogen-bond donors (Lipinski definition) is 2. The predicted octanol–water partition coefficient (Wildman–Crippen LogP) is 5.95. The lowest BCUT2D eigenvalue weighted by Crippen LogP contribution is -2.21. The van der Waals surface area contributed by atoms with Gasteiger partial charge in [0.1, 0.15) is 11.4 Å². The zero-order valence-electron chi connectivity index (χ0n) is 16.0. The van der Waals surface area contributed by atoms with E-state index in [4.69, 9.17) is 27.9 Å². The summed E-state index contributed by atoms with van der Waals surface area (Å²) in [4.78, 5) is 28.5. The maximum atomic E-state index is 12.9. The number of halogens is 5. The Morgan fingerprint density at radius 1 is 1.03 bits per heavy atom. The van der Waals surface area contributed by atoms with Crippen molar-refractivity contribution in [1.82, 2.24) is 4.98 Å². The second-order valence-corrected chi connectivity index (χ2v) is 7.11. The molecule has 1 aromatic heterocycles. The molecule has 0 fully saturated rings. The molecule has 0 aliphatic carbocycles. The number of alkyl halides is 3. The minimum atomic E-state index is -4.52. The van der Waals surface area contributed by atoms with Crippen LogP contribution in [-0.2, 0) is 15.7 Å². The van der Waals surface area contributed by atoms with E-state index in [1.807, 2.05) is 0 Å². The average molecular weight is 484 g/mol. The number of amides is 1. The van der Waals surface area contributed by atoms with Gasteiger partial charge in [0.05, 0.1) is 21.3 Å². The van der Waals surface area contributed by atoms with E-state index >= 15 is 0 Å². The number of rotatable bonds is 6. The van der Waals surface area contributed by atoms with Crippen molar-refractivity contribution in [3.63, 3.8) is 0 Å². The number of benzene rings is 2. The summed E-state index contributed by atoms with van der Waals surface area (Å²) in [6.07, 6.45) is -3.18. The third-order valence-corrected chi connectivity index (χ3v) is 4.86. The van der Waals surface area contributed by atoms with Crippen LogP contribution >= 0.6 is 23.2 Å². The summed E-state index contributed by atoms with van der Waals surface area (Å²) in [5.74, 6) is -1.60. The van der Waals surface area contributed by atoms with Gasteiger partial charge < -0.3 is 15.4 Å². The first-order chi connectivity index (χ1) is 15.1. The first kappa shape index (κ1) is 23.4. The fourth-order valence-corrected chi connectivity index (χ4v) is 2.92. The molecule has 11 heteroatoms. The maximum absolute atomic E-state index is 12.9. The molecule has 0 radical (unpaired) electrons. The van der Waals surface area contributed by atoms with Crippen LogP contribution < -0.4 is 10.6 Å². The number of carbonyl (C=O) groups excluding carboxylic acids is 2. The van der Waals surface area contributed by atoms with Crippen molar-refractivity contribution in [1.29, 1.82) is 0 Å². The number of esters is 1. The molecule has 0 aliphatic rings. The van der Waals surface area contributed by atoms with Crippen molar-refractivity contribution in [2.24, 2.45) is 0 Å². The summed E-state index contributed by atoms with van der Waals surface area (Å²) in [6.45, 7) is -0.639. The summed E-state index contributed by atoms with van der Waals surface area (Å²) in [7, 11) is 0. The summed E-state index contributed by atoms with van der Waals surface area (Å²) in [5.41, 5.74) is -0.619. The summed E-state index contributed by atoms with van der Waals surface area (Å²) < 4.78 is 43.8. The van der Waals surface area contributed by atoms with Crippen LogP contribution in [0.5, 0.6) is 0 Å². The van der Waals surface area contributed by atoms with Crippen LogP contribution in [0.1, 0.15) is 15.9 Å². The number of nitrogens with one attached hydrogen (secondary N) is 2. The van der Waals surface area contributed by atoms with Gasteiger partial charge in [0.2, 0.25) is 0 Å². The van der Waals surface area contributed by atoms with E-state index in [0.29, 0.717) is 0 Å². The Morgan fingerprint density at radius 3 is 2.53 bits per heavy atom. The molecule has 166 valence electrons. The van der Waals surface area contributed by atoms with E-state index in [0.717, 1.165) is 12.1 Å². The summed E-state index contributed by atoms with van der Waals surface area (Å²) in [6, 6.07) is 11.9. The Labute approximate surface area is 190 Å². The van der Waals surface area contributed by atoms with Crippen molar-refractivity contribution >= 4 is 52.3 Å². The van der Waals surface area contributed by atoms with Crippen molar-refractivity contribution in [2.45, 2.75) is 6.18 Å². The molecule has 0 bridgehead atoms. The Bertz CT molecular complexity index is 1160. The van der Waals surface area contributed by atoms with Crippen LogP contribution in [0.15, 0.2) is 60.8 Å². The lowest BCUT2D eigenvalue weighted by Gasteiger charge is -2.13. The highest BCUT2D eigenvalue weighted by Crippen LogP contribution is 2.32. The van der Waals surface area contributed by atoms with Gasteiger partial charge in [-0.25, -0.2) is 9.78 Å². The second kappa shape index (κ2) is 9.88. The molecule has 0 atom stereocenters. The number of aromatic nitrogens is 1. The largest absolute Gasteiger partial charge is 0.452 e. The minimum absolute atomic E-state index is 0.0323. The molecule has 2 aromatic carbocycles. The number of ether oxygens (including phenoxy) is 1. The lowest BCUT2D eigenvalue weighted by molar-refractivity contribution is -0.137. The van der Waals surface area contributed by atoms with Crippen LogP contribution in [-0.4, -0.2) is 23.5 Å². The van der Waals surface area contributed by atoms with Gasteiger partial charge in [0.25, 0.3) is 5.91 Å². The number of nitrogens with zero attached hydrogens (tertiary/aromatic N) is 1. The zero-order valence-corrected chi connectivity index (χ0v) is 17.6. The molecule has 1 amide bonds. The van der Waals surface area contributed by atoms with Crippen LogP contribution in [0.4, 0.5) is 30.4 Å². The van der Waals surface area contributed by atoms with Crippen molar-refractivity contribution in [2.75, 3.05) is 17.2 Å². The van der Waals surface area contributed by atoms with E-state index < -0.39 is 30.2 Å². The third-order valence-electron chi connectivity index (χ3n) is 4.04. The molecule has 6 nitrogen and oxygen atoms in total. The predicted molar refractivity (Wildman–Crippen MR) is 114 cm³/mol. The van der Waals surface area contributed by atoms with Gasteiger partial charge >= 0.3 is 12.1 Å². The maximum Gasteiger partial charge on any atom is 0.416 e. The van der Waals surface area contributed by atoms with Crippen LogP contribution in [0.25, 0.3) is 0 Å². The molecule has 32 heavy (non-hydrogen) atoms. The summed E-state index contributed by atoms with van der Waals surface area (Å²) in [5, 5.41) is 5.50. The van der Waals surface area contributed by atoms with Crippen LogP contribution in [0.2, 0.25) is 10.0 Å². The highest BCUT2D eigenvalue weighted by atomic mass is 35.5. The second-order valence-electron chi connectivity index (χ2n) is 6.33. The van der Waals surface area contributed by atoms with Gasteiger partial charge in [-0.3, -0.25) is 4.79 Å². The van der Waals surface area contributed by atoms with Crippen LogP contribution in [0.3, 0.4) is 0 Å². The Balaban J connectivity index is 1.68. The van der Waals surface area contributed by atoms with E-state index in [1.54, 1.807) is 12.1 Å². The minimum Gasteiger partial charge on any atom is -0.452 e. The van der Waals surface area contributed by atoms with Crippen molar-refractivity contribution in [3.8, 4) is 0 Å². The molecule has 3 aromatic rings. The van der Waals surface area contributed by atoms with Gasteiger partial charge in [-0.05, 0) is 42.5 Å². The molecular weight excluding hydrogens is 470 g/mol. The molecule has 0 spiro atoms. The first-order valence-electron chi connectivity index (χ1n) is 8.95. The van der Waals surface area contributed by atoms with Gasteiger partial charge in [0.15, 0.2) is 6.61 Å². The van der Waals surface area contributed by atoms with Crippen LogP contribution in [0, 0.1) is 0 Å². The molecule has 2 N–H and O–H groups in total. The Morgan fingerprint density at radius 2 is 1.78 bits per heavy atom. The normalized spacial score (nSPS) is 11.0. The average Bonchev–Trinajstić information content (AvgIpc) is 2.75. The number of anilines is 3. The SMILES string of the molecule is O=C(COC(=O)c1cccnc1Nc1cccc(C(F)(F)F)c1)Nc1cccc(Cl)c1Cl. The van der Waals surface area contributed by atoms with Gasteiger partial charge in [-0.15, -0.1) is 0 Å². The molecule has 0 aliphatic heterocycles. The molecule has 0 saturated heterocycles. The Hall–Kier alpha value is -3.30. The molecule has 1 heterocycles. The highest BCUT2D eigenvalue weighted by molar-refractivity contribution is 6.44. The monoisotopic (exact) mass is 483 g/mol. The number of pyridine rings is 1. The standard InChI is InChI=1S/C21H14Cl2F3N3O3/c22-15-7-2-8-16(18(15)23)29-17(30)11-32-20(31)14-6-3-9-27-19(14)28-13-5-1-4-12(10-13)21(24,25)26/h1-10H,11H2,(H,27,28)(H,29,30). The molecule has 0 saturated carbocycles. The molecule has 0 unspecified atom stereocenters. The van der Waals surface area contributed by atoms with E-state index in [1.165, 1.54) is 36.5 Å². The lowest BCUT2D eigenvalue weighted by atomic mass is 10.2. The van der Waals surface area contributed by atoms with E-state index in [-0.39, 0.29) is 32.8 Å². The Kier molecular flexibility index (Phi) is 7.22. The smallest absolute Gasteiger partial charge is 0.416 e. The van der Waals surface area contributed by atoms with E-state index in [9.17, 15) is 22.8 Å². The molecular formula is C21H14Cl2F3N3O3. The van der Waals surface area contributed by atoms with Gasteiger partial charge in [-0.1, -0.05) is 35.3 Å². The highest BCUT2D eigenvalue weighted by Gasteiger charge is 2.30. The first-order valence-corrected chi connectivity index (χ1v) is 9.71. The topological polar surface area (TPSA) is 80.3 Å².